The summed E-state index contributed by atoms with van der Waals surface area (Å²) in [6.07, 6.45) is 1.14. The second kappa shape index (κ2) is 6.91. The molecule has 0 radical (unpaired) electrons. The first-order chi connectivity index (χ1) is 8.34. The van der Waals surface area contributed by atoms with Crippen molar-refractivity contribution >= 4 is 32.9 Å². The number of nitrogens with one attached hydrogen (secondary N) is 1. The van der Waals surface area contributed by atoms with E-state index in [4.69, 9.17) is 4.74 Å². The van der Waals surface area contributed by atoms with Gasteiger partial charge in [0.1, 0.15) is 5.75 Å². The number of benzene rings is 1. The maximum atomic E-state index is 5.63. The fourth-order valence-electron chi connectivity index (χ4n) is 1.44. The standard InChI is InChI=1S/C12H15BrN2OS/c13-10-2-4-11(5-3-10)16-8-9-17-12-14-6-1-7-15-12/h2-5H,1,6-9H2,(H,14,15). The Morgan fingerprint density at radius 2 is 2.18 bits per heavy atom. The Hall–Kier alpha value is -0.680. The number of thioether (sulfide) groups is 1. The van der Waals surface area contributed by atoms with E-state index in [2.05, 4.69) is 26.2 Å². The smallest absolute Gasteiger partial charge is 0.156 e. The van der Waals surface area contributed by atoms with Gasteiger partial charge in [-0.3, -0.25) is 4.99 Å². The van der Waals surface area contributed by atoms with E-state index in [1.807, 2.05) is 24.3 Å². The van der Waals surface area contributed by atoms with Crippen LogP contribution in [0.3, 0.4) is 0 Å². The molecule has 0 aromatic heterocycles. The maximum Gasteiger partial charge on any atom is 0.156 e. The van der Waals surface area contributed by atoms with E-state index in [0.717, 1.165) is 40.7 Å². The van der Waals surface area contributed by atoms with E-state index >= 15 is 0 Å². The highest BCUT2D eigenvalue weighted by molar-refractivity contribution is 9.10. The van der Waals surface area contributed by atoms with Crippen molar-refractivity contribution in [2.75, 3.05) is 25.4 Å². The Morgan fingerprint density at radius 3 is 2.88 bits per heavy atom. The fraction of sp³-hybridized carbons (Fsp3) is 0.417. The van der Waals surface area contributed by atoms with Gasteiger partial charge in [0.05, 0.1) is 6.61 Å². The minimum absolute atomic E-state index is 0.701. The number of rotatable bonds is 4. The van der Waals surface area contributed by atoms with Crippen molar-refractivity contribution in [3.8, 4) is 5.75 Å². The van der Waals surface area contributed by atoms with Crippen LogP contribution >= 0.6 is 27.7 Å². The molecule has 2 rings (SSSR count). The molecule has 1 aromatic carbocycles. The first-order valence-corrected chi connectivity index (χ1v) is 7.42. The van der Waals surface area contributed by atoms with Crippen LogP contribution in [0.1, 0.15) is 6.42 Å². The van der Waals surface area contributed by atoms with E-state index in [1.165, 1.54) is 0 Å². The summed E-state index contributed by atoms with van der Waals surface area (Å²) in [4.78, 5) is 4.39. The van der Waals surface area contributed by atoms with Crippen LogP contribution in [0.5, 0.6) is 5.75 Å². The minimum Gasteiger partial charge on any atom is -0.493 e. The zero-order valence-corrected chi connectivity index (χ0v) is 11.9. The van der Waals surface area contributed by atoms with Crippen LogP contribution in [0.15, 0.2) is 33.7 Å². The topological polar surface area (TPSA) is 33.6 Å². The fourth-order valence-corrected chi connectivity index (χ4v) is 2.45. The number of halogens is 1. The van der Waals surface area contributed by atoms with Crippen molar-refractivity contribution in [2.24, 2.45) is 4.99 Å². The molecule has 0 atom stereocenters. The summed E-state index contributed by atoms with van der Waals surface area (Å²) in [6.45, 7) is 2.69. The molecule has 5 heteroatoms. The van der Waals surface area contributed by atoms with Crippen LogP contribution < -0.4 is 10.1 Å². The molecule has 0 saturated heterocycles. The molecule has 92 valence electrons. The van der Waals surface area contributed by atoms with Crippen molar-refractivity contribution in [2.45, 2.75) is 6.42 Å². The van der Waals surface area contributed by atoms with Crippen molar-refractivity contribution in [1.82, 2.24) is 5.32 Å². The lowest BCUT2D eigenvalue weighted by atomic mass is 10.3. The largest absolute Gasteiger partial charge is 0.493 e. The monoisotopic (exact) mass is 314 g/mol. The molecular weight excluding hydrogens is 300 g/mol. The summed E-state index contributed by atoms with van der Waals surface area (Å²) >= 11 is 5.12. The van der Waals surface area contributed by atoms with Gasteiger partial charge >= 0.3 is 0 Å². The molecule has 0 bridgehead atoms. The van der Waals surface area contributed by atoms with Gasteiger partial charge in [-0.1, -0.05) is 27.7 Å². The summed E-state index contributed by atoms with van der Waals surface area (Å²) in [5.41, 5.74) is 0. The molecule has 0 unspecified atom stereocenters. The predicted molar refractivity (Wildman–Crippen MR) is 77.0 cm³/mol. The average Bonchev–Trinajstić information content (AvgIpc) is 2.38. The predicted octanol–water partition coefficient (Wildman–Crippen LogP) is 2.91. The second-order valence-corrected chi connectivity index (χ2v) is 5.62. The molecule has 0 amide bonds. The summed E-state index contributed by atoms with van der Waals surface area (Å²) in [5, 5.41) is 4.33. The van der Waals surface area contributed by atoms with E-state index in [1.54, 1.807) is 11.8 Å². The van der Waals surface area contributed by atoms with Gasteiger partial charge in [0.2, 0.25) is 0 Å². The summed E-state index contributed by atoms with van der Waals surface area (Å²) < 4.78 is 6.70. The van der Waals surface area contributed by atoms with E-state index in [-0.39, 0.29) is 0 Å². The summed E-state index contributed by atoms with van der Waals surface area (Å²) in [7, 11) is 0. The van der Waals surface area contributed by atoms with Gasteiger partial charge in [-0.15, -0.1) is 0 Å². The molecule has 0 saturated carbocycles. The lowest BCUT2D eigenvalue weighted by Gasteiger charge is -2.13. The van der Waals surface area contributed by atoms with Gasteiger partial charge in [-0.2, -0.15) is 0 Å². The van der Waals surface area contributed by atoms with Crippen molar-refractivity contribution in [1.29, 1.82) is 0 Å². The third-order valence-electron chi connectivity index (χ3n) is 2.27. The molecule has 0 fully saturated rings. The number of nitrogens with zero attached hydrogens (tertiary/aromatic N) is 1. The van der Waals surface area contributed by atoms with Crippen molar-refractivity contribution < 1.29 is 4.74 Å². The molecule has 0 spiro atoms. The number of aliphatic imine (C=N–C) groups is 1. The minimum atomic E-state index is 0.701. The van der Waals surface area contributed by atoms with Gasteiger partial charge < -0.3 is 10.1 Å². The van der Waals surface area contributed by atoms with Gasteiger partial charge in [0.15, 0.2) is 5.17 Å². The molecular formula is C12H15BrN2OS. The van der Waals surface area contributed by atoms with Gasteiger partial charge in [0, 0.05) is 23.3 Å². The molecule has 1 heterocycles. The lowest BCUT2D eigenvalue weighted by Crippen LogP contribution is -2.27. The van der Waals surface area contributed by atoms with E-state index in [0.29, 0.717) is 6.61 Å². The van der Waals surface area contributed by atoms with E-state index in [9.17, 15) is 0 Å². The molecule has 1 aliphatic rings. The van der Waals surface area contributed by atoms with Crippen LogP contribution in [0.25, 0.3) is 0 Å². The Balaban J connectivity index is 1.66. The summed E-state index contributed by atoms with van der Waals surface area (Å²) in [5.74, 6) is 1.83. The van der Waals surface area contributed by atoms with Crippen LogP contribution in [0.4, 0.5) is 0 Å². The summed E-state index contributed by atoms with van der Waals surface area (Å²) in [6, 6.07) is 7.89. The SMILES string of the molecule is Brc1ccc(OCCSC2=NCCCN2)cc1. The molecule has 1 aromatic rings. The van der Waals surface area contributed by atoms with Gasteiger partial charge in [-0.25, -0.2) is 0 Å². The third-order valence-corrected chi connectivity index (χ3v) is 3.72. The Morgan fingerprint density at radius 1 is 1.35 bits per heavy atom. The molecule has 17 heavy (non-hydrogen) atoms. The number of amidine groups is 1. The molecule has 3 nitrogen and oxygen atoms in total. The first-order valence-electron chi connectivity index (χ1n) is 5.64. The highest BCUT2D eigenvalue weighted by atomic mass is 79.9. The quantitative estimate of drug-likeness (QED) is 0.868. The average molecular weight is 315 g/mol. The Kier molecular flexibility index (Phi) is 5.19. The van der Waals surface area contributed by atoms with Crippen LogP contribution in [-0.4, -0.2) is 30.6 Å². The van der Waals surface area contributed by atoms with Gasteiger partial charge in [0.25, 0.3) is 0 Å². The number of ether oxygens (including phenoxy) is 1. The zero-order valence-electron chi connectivity index (χ0n) is 9.49. The highest BCUT2D eigenvalue weighted by Gasteiger charge is 2.04. The molecule has 1 N–H and O–H groups in total. The Labute approximate surface area is 114 Å². The first kappa shape index (κ1) is 12.8. The zero-order chi connectivity index (χ0) is 11.9. The number of hydrogen-bond acceptors (Lipinski definition) is 4. The Bertz CT molecular complexity index is 381. The highest BCUT2D eigenvalue weighted by Crippen LogP contribution is 2.16. The van der Waals surface area contributed by atoms with Gasteiger partial charge in [-0.05, 0) is 30.7 Å². The molecule has 1 aliphatic heterocycles. The normalized spacial score (nSPS) is 15.0. The third kappa shape index (κ3) is 4.60. The second-order valence-electron chi connectivity index (χ2n) is 3.62. The molecule has 0 aliphatic carbocycles. The van der Waals surface area contributed by atoms with Crippen molar-refractivity contribution in [3.05, 3.63) is 28.7 Å². The van der Waals surface area contributed by atoms with Crippen LogP contribution in [-0.2, 0) is 0 Å². The van der Waals surface area contributed by atoms with E-state index < -0.39 is 0 Å². The van der Waals surface area contributed by atoms with Crippen LogP contribution in [0, 0.1) is 0 Å². The lowest BCUT2D eigenvalue weighted by molar-refractivity contribution is 0.344. The van der Waals surface area contributed by atoms with Crippen molar-refractivity contribution in [3.63, 3.8) is 0 Å². The van der Waals surface area contributed by atoms with Crippen LogP contribution in [0.2, 0.25) is 0 Å². The number of hydrogen-bond donors (Lipinski definition) is 1. The maximum absolute atomic E-state index is 5.63.